The van der Waals surface area contributed by atoms with Gasteiger partial charge in [-0.3, -0.25) is 0 Å². The van der Waals surface area contributed by atoms with Crippen LogP contribution < -0.4 is 0 Å². The molecule has 7 unspecified atom stereocenters. The van der Waals surface area contributed by atoms with Gasteiger partial charge < -0.3 is 5.11 Å². The zero-order valence-electron chi connectivity index (χ0n) is 15.1. The van der Waals surface area contributed by atoms with Crippen LogP contribution in [0.2, 0.25) is 0 Å². The molecule has 0 saturated heterocycles. The van der Waals surface area contributed by atoms with E-state index < -0.39 is 0 Å². The Bertz CT molecular complexity index is 520. The molecule has 1 N–H and O–H groups in total. The van der Waals surface area contributed by atoms with Gasteiger partial charge in [0.05, 0.1) is 6.10 Å². The van der Waals surface area contributed by atoms with E-state index in [9.17, 15) is 5.11 Å². The average molecular weight is 315 g/mol. The highest BCUT2D eigenvalue weighted by molar-refractivity contribution is 5.25. The smallest absolute Gasteiger partial charge is 0.0577 e. The van der Waals surface area contributed by atoms with Gasteiger partial charge >= 0.3 is 0 Å². The highest BCUT2D eigenvalue weighted by Crippen LogP contribution is 2.66. The third-order valence-corrected chi connectivity index (χ3v) is 8.73. The molecule has 0 aromatic heterocycles. The molecular weight excluding hydrogens is 280 g/mol. The highest BCUT2D eigenvalue weighted by atomic mass is 16.3. The Morgan fingerprint density at radius 1 is 1.17 bits per heavy atom. The lowest BCUT2D eigenvalue weighted by molar-refractivity contribution is -0.0492. The molecule has 0 bridgehead atoms. The van der Waals surface area contributed by atoms with Gasteiger partial charge in [0.15, 0.2) is 0 Å². The summed E-state index contributed by atoms with van der Waals surface area (Å²) in [6.07, 6.45) is 16.0. The van der Waals surface area contributed by atoms with Crippen molar-refractivity contribution in [1.82, 2.24) is 0 Å². The van der Waals surface area contributed by atoms with Gasteiger partial charge in [-0.1, -0.05) is 31.6 Å². The number of rotatable bonds is 2. The minimum Gasteiger partial charge on any atom is -0.393 e. The second kappa shape index (κ2) is 5.48. The maximum atomic E-state index is 10.1. The van der Waals surface area contributed by atoms with E-state index in [1.54, 1.807) is 5.57 Å². The summed E-state index contributed by atoms with van der Waals surface area (Å²) in [5, 5.41) is 10.1. The predicted molar refractivity (Wildman–Crippen MR) is 96.0 cm³/mol. The standard InChI is InChI=1S/C22H34O/c1-4-5-15-7-9-19-18-8-6-16-14-17(23)10-12-22(16,3)20(18)11-13-21(15,19)2/h4,6,15,17-20,23H,1,5,7-14H2,2-3H3. The third kappa shape index (κ3) is 2.22. The Kier molecular flexibility index (Phi) is 3.80. The summed E-state index contributed by atoms with van der Waals surface area (Å²) in [5.74, 6) is 3.56. The fourth-order valence-corrected chi connectivity index (χ4v) is 7.34. The van der Waals surface area contributed by atoms with Crippen LogP contribution >= 0.6 is 0 Å². The first-order valence-electron chi connectivity index (χ1n) is 9.97. The van der Waals surface area contributed by atoms with Crippen molar-refractivity contribution < 1.29 is 5.11 Å². The van der Waals surface area contributed by atoms with E-state index in [1.165, 1.54) is 44.9 Å². The van der Waals surface area contributed by atoms with Crippen LogP contribution in [-0.2, 0) is 0 Å². The Morgan fingerprint density at radius 3 is 2.78 bits per heavy atom. The summed E-state index contributed by atoms with van der Waals surface area (Å²) in [6, 6.07) is 0. The van der Waals surface area contributed by atoms with Gasteiger partial charge in [0.2, 0.25) is 0 Å². The molecule has 0 aliphatic heterocycles. The van der Waals surface area contributed by atoms with Crippen LogP contribution in [0, 0.1) is 34.5 Å². The highest BCUT2D eigenvalue weighted by Gasteiger charge is 2.58. The van der Waals surface area contributed by atoms with Crippen LogP contribution in [0.5, 0.6) is 0 Å². The summed E-state index contributed by atoms with van der Waals surface area (Å²) in [4.78, 5) is 0. The first-order chi connectivity index (χ1) is 11.0. The van der Waals surface area contributed by atoms with E-state index in [4.69, 9.17) is 0 Å². The molecule has 3 fully saturated rings. The van der Waals surface area contributed by atoms with E-state index in [-0.39, 0.29) is 6.10 Å². The molecule has 0 spiro atoms. The monoisotopic (exact) mass is 314 g/mol. The molecule has 3 saturated carbocycles. The fraction of sp³-hybridized carbons (Fsp3) is 0.818. The largest absolute Gasteiger partial charge is 0.393 e. The maximum absolute atomic E-state index is 10.1. The van der Waals surface area contributed by atoms with Crippen molar-refractivity contribution in [3.8, 4) is 0 Å². The summed E-state index contributed by atoms with van der Waals surface area (Å²) in [6.45, 7) is 9.14. The zero-order chi connectivity index (χ0) is 16.2. The van der Waals surface area contributed by atoms with E-state index >= 15 is 0 Å². The number of fused-ring (bicyclic) bond motifs is 5. The summed E-state index contributed by atoms with van der Waals surface area (Å²) < 4.78 is 0. The molecule has 0 aromatic carbocycles. The van der Waals surface area contributed by atoms with Crippen LogP contribution in [0.4, 0.5) is 0 Å². The number of aliphatic hydroxyl groups is 1. The first kappa shape index (κ1) is 15.9. The van der Waals surface area contributed by atoms with Crippen molar-refractivity contribution >= 4 is 0 Å². The average Bonchev–Trinajstić information content (AvgIpc) is 2.85. The first-order valence-corrected chi connectivity index (χ1v) is 9.97. The van der Waals surface area contributed by atoms with Crippen LogP contribution in [0.1, 0.15) is 71.6 Å². The lowest BCUT2D eigenvalue weighted by Gasteiger charge is -2.58. The third-order valence-electron chi connectivity index (χ3n) is 8.73. The van der Waals surface area contributed by atoms with Crippen molar-refractivity contribution in [2.24, 2.45) is 34.5 Å². The van der Waals surface area contributed by atoms with Crippen molar-refractivity contribution in [3.05, 3.63) is 24.3 Å². The molecule has 23 heavy (non-hydrogen) atoms. The van der Waals surface area contributed by atoms with Crippen molar-refractivity contribution in [2.45, 2.75) is 77.7 Å². The quantitative estimate of drug-likeness (QED) is 0.667. The topological polar surface area (TPSA) is 20.2 Å². The SMILES string of the molecule is C=CCC1CCC2C3CC=C4CC(O)CCC4(C)C3CCC12C. The number of hydrogen-bond donors (Lipinski definition) is 1. The van der Waals surface area contributed by atoms with Crippen LogP contribution in [0.15, 0.2) is 24.3 Å². The van der Waals surface area contributed by atoms with Gasteiger partial charge in [0.1, 0.15) is 0 Å². The van der Waals surface area contributed by atoms with E-state index in [1.807, 2.05) is 0 Å². The van der Waals surface area contributed by atoms with Gasteiger partial charge in [-0.05, 0) is 92.3 Å². The van der Waals surface area contributed by atoms with E-state index in [0.29, 0.717) is 10.8 Å². The maximum Gasteiger partial charge on any atom is 0.0577 e. The van der Waals surface area contributed by atoms with E-state index in [2.05, 4.69) is 32.6 Å². The van der Waals surface area contributed by atoms with Gasteiger partial charge in [0.25, 0.3) is 0 Å². The molecule has 1 heteroatoms. The van der Waals surface area contributed by atoms with Crippen LogP contribution in [0.25, 0.3) is 0 Å². The molecular formula is C22H34O. The second-order valence-electron chi connectivity index (χ2n) is 9.50. The molecule has 128 valence electrons. The summed E-state index contributed by atoms with van der Waals surface area (Å²) in [5.41, 5.74) is 2.55. The summed E-state index contributed by atoms with van der Waals surface area (Å²) in [7, 11) is 0. The Labute approximate surface area is 142 Å². The van der Waals surface area contributed by atoms with Crippen molar-refractivity contribution in [2.75, 3.05) is 0 Å². The second-order valence-corrected chi connectivity index (χ2v) is 9.50. The molecule has 0 heterocycles. The molecule has 0 amide bonds. The minimum absolute atomic E-state index is 0.0804. The van der Waals surface area contributed by atoms with Crippen LogP contribution in [0.3, 0.4) is 0 Å². The Balaban J connectivity index is 1.63. The normalized spacial score (nSPS) is 52.1. The molecule has 0 aromatic rings. The lowest BCUT2D eigenvalue weighted by Crippen LogP contribution is -2.50. The lowest BCUT2D eigenvalue weighted by atomic mass is 9.47. The number of hydrogen-bond acceptors (Lipinski definition) is 1. The predicted octanol–water partition coefficient (Wildman–Crippen LogP) is 5.50. The fourth-order valence-electron chi connectivity index (χ4n) is 7.34. The molecule has 4 aliphatic carbocycles. The Morgan fingerprint density at radius 2 is 2.00 bits per heavy atom. The van der Waals surface area contributed by atoms with Crippen LogP contribution in [-0.4, -0.2) is 11.2 Å². The molecule has 4 aliphatic rings. The van der Waals surface area contributed by atoms with Gasteiger partial charge in [-0.15, -0.1) is 6.58 Å². The molecule has 4 rings (SSSR count). The molecule has 0 radical (unpaired) electrons. The zero-order valence-corrected chi connectivity index (χ0v) is 15.1. The van der Waals surface area contributed by atoms with Gasteiger partial charge in [-0.25, -0.2) is 0 Å². The minimum atomic E-state index is -0.0804. The van der Waals surface area contributed by atoms with Crippen molar-refractivity contribution in [1.29, 1.82) is 0 Å². The van der Waals surface area contributed by atoms with E-state index in [0.717, 1.165) is 36.5 Å². The van der Waals surface area contributed by atoms with Gasteiger partial charge in [0, 0.05) is 0 Å². The number of aliphatic hydroxyl groups excluding tert-OH is 1. The van der Waals surface area contributed by atoms with Crippen molar-refractivity contribution in [3.63, 3.8) is 0 Å². The molecule has 7 atom stereocenters. The summed E-state index contributed by atoms with van der Waals surface area (Å²) >= 11 is 0. The Hall–Kier alpha value is -0.560. The molecule has 1 nitrogen and oxygen atoms in total. The van der Waals surface area contributed by atoms with Gasteiger partial charge in [-0.2, -0.15) is 0 Å². The number of allylic oxidation sites excluding steroid dienone is 2.